The summed E-state index contributed by atoms with van der Waals surface area (Å²) in [4.78, 5) is 36.5. The molecule has 2 unspecified atom stereocenters. The molecule has 11 nitrogen and oxygen atoms in total. The highest BCUT2D eigenvalue weighted by Gasteiger charge is 2.47. The van der Waals surface area contributed by atoms with E-state index in [1.165, 1.54) is 0 Å². The Balaban J connectivity index is 1.21. The smallest absolute Gasteiger partial charge is 0.254 e. The van der Waals surface area contributed by atoms with Crippen LogP contribution in [0.4, 0.5) is 5.95 Å². The number of hydrogen-bond donors (Lipinski definition) is 1. The van der Waals surface area contributed by atoms with Gasteiger partial charge in [0, 0.05) is 80.8 Å². The van der Waals surface area contributed by atoms with E-state index in [0.29, 0.717) is 23.1 Å². The number of likely N-dealkylation sites (tertiary alicyclic amines) is 1. The van der Waals surface area contributed by atoms with Crippen molar-refractivity contribution in [1.29, 1.82) is 0 Å². The second kappa shape index (κ2) is 9.52. The van der Waals surface area contributed by atoms with Crippen molar-refractivity contribution in [1.82, 2.24) is 34.0 Å². The Morgan fingerprint density at radius 1 is 1.05 bits per heavy atom. The molecule has 2 bridgehead atoms. The van der Waals surface area contributed by atoms with Crippen molar-refractivity contribution >= 4 is 33.9 Å². The summed E-state index contributed by atoms with van der Waals surface area (Å²) in [6.07, 6.45) is 7.42. The number of amides is 1. The van der Waals surface area contributed by atoms with Crippen molar-refractivity contribution in [3.05, 3.63) is 60.6 Å². The van der Waals surface area contributed by atoms with E-state index in [2.05, 4.69) is 41.1 Å². The molecule has 42 heavy (non-hydrogen) atoms. The molecule has 4 aromatic heterocycles. The van der Waals surface area contributed by atoms with Gasteiger partial charge in [-0.2, -0.15) is 0 Å². The highest BCUT2D eigenvalue weighted by molar-refractivity contribution is 6.00. The van der Waals surface area contributed by atoms with E-state index in [0.717, 1.165) is 78.6 Å². The predicted octanol–water partition coefficient (Wildman–Crippen LogP) is 3.09. The summed E-state index contributed by atoms with van der Waals surface area (Å²) in [5, 5.41) is 1.05. The third kappa shape index (κ3) is 3.79. The largest absolute Gasteiger partial charge is 0.494 e. The molecular weight excluding hydrogens is 530 g/mol. The lowest BCUT2D eigenvalue weighted by Gasteiger charge is -2.39. The Bertz CT molecular complexity index is 1820. The third-order valence-electron chi connectivity index (χ3n) is 9.44. The van der Waals surface area contributed by atoms with Crippen molar-refractivity contribution < 1.29 is 9.53 Å². The molecule has 11 heteroatoms. The number of imidazole rings is 1. The number of aryl methyl sites for hydroxylation is 1. The van der Waals surface area contributed by atoms with Gasteiger partial charge in [-0.25, -0.2) is 19.9 Å². The van der Waals surface area contributed by atoms with Crippen LogP contribution in [0.15, 0.2) is 55.0 Å². The van der Waals surface area contributed by atoms with Crippen LogP contribution in [0.25, 0.3) is 33.6 Å². The normalized spacial score (nSPS) is 21.9. The van der Waals surface area contributed by atoms with Crippen LogP contribution in [0.2, 0.25) is 0 Å². The molecule has 6 heterocycles. The lowest BCUT2D eigenvalue weighted by atomic mass is 10.0. The molecule has 2 saturated heterocycles. The Morgan fingerprint density at radius 3 is 2.57 bits per heavy atom. The lowest BCUT2D eigenvalue weighted by molar-refractivity contribution is 0.0700. The summed E-state index contributed by atoms with van der Waals surface area (Å²) in [6, 6.07) is 11.9. The molecule has 1 saturated carbocycles. The lowest BCUT2D eigenvalue weighted by Crippen LogP contribution is -2.49. The molecule has 214 valence electrons. The number of benzene rings is 1. The molecule has 5 aromatic rings. The number of hydrogen-bond acceptors (Lipinski definition) is 8. The highest BCUT2D eigenvalue weighted by atomic mass is 16.5. The number of aromatic nitrogens is 6. The molecule has 3 atom stereocenters. The number of methoxy groups -OCH3 is 1. The molecular formula is C31H33N9O2. The van der Waals surface area contributed by atoms with Crippen molar-refractivity contribution in [2.24, 2.45) is 24.6 Å². The molecule has 1 aromatic carbocycles. The van der Waals surface area contributed by atoms with Crippen molar-refractivity contribution in [2.45, 2.75) is 31.5 Å². The standard InChI is InChI=1S/C31H33N9O2/c1-37-24(12-19-5-3-8-33-28(19)37)29-36-22-11-21(30(41)39-17-20-6-7-23(39)26(20)32)13-25(42-2)27(22)40(29)16-18-14-38(15-18)31-34-9-4-10-35-31/h3-5,8-13,18,20,23,26H,6-7,14-17,32H2,1-2H3/t20?,23?,26-/m1/s1. The number of fused-ring (bicyclic) bond motifs is 4. The second-order valence-electron chi connectivity index (χ2n) is 11.9. The van der Waals surface area contributed by atoms with Crippen molar-refractivity contribution in [3.8, 4) is 17.3 Å². The zero-order valence-corrected chi connectivity index (χ0v) is 23.7. The van der Waals surface area contributed by atoms with E-state index >= 15 is 0 Å². The van der Waals surface area contributed by atoms with Gasteiger partial charge in [-0.3, -0.25) is 4.79 Å². The number of carbonyl (C=O) groups is 1. The first-order valence-corrected chi connectivity index (χ1v) is 14.6. The minimum atomic E-state index is 0.000232. The minimum absolute atomic E-state index is 0.000232. The molecule has 0 spiro atoms. The average molecular weight is 564 g/mol. The van der Waals surface area contributed by atoms with Crippen LogP contribution in [-0.4, -0.2) is 78.7 Å². The first-order chi connectivity index (χ1) is 20.5. The van der Waals surface area contributed by atoms with Gasteiger partial charge < -0.3 is 29.4 Å². The SMILES string of the molecule is COc1cc(C(=O)N2CC3CCC2[C@@H]3N)cc2nc(-c3cc4cccnc4n3C)n(CC3CN(c4ncccn4)C3)c12. The van der Waals surface area contributed by atoms with Crippen LogP contribution >= 0.6 is 0 Å². The van der Waals surface area contributed by atoms with Crippen LogP contribution < -0.4 is 15.4 Å². The van der Waals surface area contributed by atoms with E-state index in [9.17, 15) is 4.79 Å². The van der Waals surface area contributed by atoms with Gasteiger partial charge in [0.2, 0.25) is 5.95 Å². The van der Waals surface area contributed by atoms with Gasteiger partial charge in [-0.1, -0.05) is 0 Å². The van der Waals surface area contributed by atoms with Crippen LogP contribution in [0.5, 0.6) is 5.75 Å². The van der Waals surface area contributed by atoms with E-state index in [-0.39, 0.29) is 18.0 Å². The highest BCUT2D eigenvalue weighted by Crippen LogP contribution is 2.40. The molecule has 2 N–H and O–H groups in total. The first-order valence-electron chi connectivity index (χ1n) is 14.6. The van der Waals surface area contributed by atoms with Crippen molar-refractivity contribution in [2.75, 3.05) is 31.6 Å². The number of anilines is 1. The van der Waals surface area contributed by atoms with Crippen LogP contribution in [0, 0.1) is 11.8 Å². The summed E-state index contributed by atoms with van der Waals surface area (Å²) >= 11 is 0. The number of carbonyl (C=O) groups excluding carboxylic acids is 1. The Hall–Kier alpha value is -4.51. The molecule has 1 amide bonds. The monoisotopic (exact) mass is 563 g/mol. The van der Waals surface area contributed by atoms with E-state index < -0.39 is 0 Å². The quantitative estimate of drug-likeness (QED) is 0.335. The van der Waals surface area contributed by atoms with Gasteiger partial charge in [0.1, 0.15) is 16.9 Å². The van der Waals surface area contributed by atoms with Gasteiger partial charge >= 0.3 is 0 Å². The van der Waals surface area contributed by atoms with Crippen molar-refractivity contribution in [3.63, 3.8) is 0 Å². The second-order valence-corrected chi connectivity index (χ2v) is 11.9. The van der Waals surface area contributed by atoms with Gasteiger partial charge in [0.15, 0.2) is 5.82 Å². The number of piperidine rings is 1. The molecule has 3 aliphatic rings. The maximum atomic E-state index is 13.8. The molecule has 0 radical (unpaired) electrons. The number of ether oxygens (including phenoxy) is 1. The topological polar surface area (TPSA) is 120 Å². The van der Waals surface area contributed by atoms with Gasteiger partial charge in [0.25, 0.3) is 5.91 Å². The third-order valence-corrected chi connectivity index (χ3v) is 9.44. The summed E-state index contributed by atoms with van der Waals surface area (Å²) in [5.41, 5.74) is 10.5. The zero-order chi connectivity index (χ0) is 28.5. The number of nitrogens with two attached hydrogens (primary N) is 1. The summed E-state index contributed by atoms with van der Waals surface area (Å²) in [5.74, 6) is 2.97. The van der Waals surface area contributed by atoms with Gasteiger partial charge in [-0.05, 0) is 55.2 Å². The van der Waals surface area contributed by atoms with E-state index in [1.807, 2.05) is 42.4 Å². The Morgan fingerprint density at radius 2 is 1.86 bits per heavy atom. The Labute approximate surface area is 242 Å². The molecule has 2 aliphatic heterocycles. The fourth-order valence-electron chi connectivity index (χ4n) is 7.27. The molecule has 1 aliphatic carbocycles. The maximum absolute atomic E-state index is 13.8. The van der Waals surface area contributed by atoms with Crippen LogP contribution in [0.1, 0.15) is 23.2 Å². The number of pyridine rings is 1. The van der Waals surface area contributed by atoms with Gasteiger partial charge in [-0.15, -0.1) is 0 Å². The number of rotatable bonds is 6. The van der Waals surface area contributed by atoms with E-state index in [1.54, 1.807) is 19.5 Å². The maximum Gasteiger partial charge on any atom is 0.254 e. The minimum Gasteiger partial charge on any atom is -0.494 e. The zero-order valence-electron chi connectivity index (χ0n) is 23.7. The molecule has 3 fully saturated rings. The van der Waals surface area contributed by atoms with Crippen LogP contribution in [-0.2, 0) is 13.6 Å². The fraction of sp³-hybridized carbons (Fsp3) is 0.387. The van der Waals surface area contributed by atoms with Gasteiger partial charge in [0.05, 0.1) is 18.3 Å². The Kier molecular flexibility index (Phi) is 5.72. The average Bonchev–Trinajstić information content (AvgIpc) is 3.74. The van der Waals surface area contributed by atoms with Crippen LogP contribution in [0.3, 0.4) is 0 Å². The molecule has 8 rings (SSSR count). The fourth-order valence-corrected chi connectivity index (χ4v) is 7.27. The van der Waals surface area contributed by atoms with E-state index in [4.69, 9.17) is 15.5 Å². The summed E-state index contributed by atoms with van der Waals surface area (Å²) < 4.78 is 10.3. The summed E-state index contributed by atoms with van der Waals surface area (Å²) in [6.45, 7) is 3.14. The predicted molar refractivity (Wildman–Crippen MR) is 159 cm³/mol. The summed E-state index contributed by atoms with van der Waals surface area (Å²) in [7, 11) is 3.68. The first kappa shape index (κ1) is 25.2. The number of nitrogens with zero attached hydrogens (tertiary/aromatic N) is 8.